The molecular formula is C32H37N3O7. The van der Waals surface area contributed by atoms with Gasteiger partial charge in [0.15, 0.2) is 0 Å². The first-order chi connectivity index (χ1) is 20.5. The van der Waals surface area contributed by atoms with Crippen molar-refractivity contribution >= 4 is 23.9 Å². The van der Waals surface area contributed by atoms with Gasteiger partial charge in [0.1, 0.15) is 19.3 Å². The lowest BCUT2D eigenvalue weighted by Gasteiger charge is -2.29. The number of cyclic esters (lactones) is 1. The molecule has 42 heavy (non-hydrogen) atoms. The van der Waals surface area contributed by atoms with Crippen LogP contribution >= 0.6 is 0 Å². The van der Waals surface area contributed by atoms with E-state index in [-0.39, 0.29) is 63.0 Å². The topological polar surface area (TPSA) is 134 Å². The molecule has 3 N–H and O–H groups in total. The van der Waals surface area contributed by atoms with Gasteiger partial charge in [-0.1, -0.05) is 60.7 Å². The number of alkyl carbamates (subject to hydrolysis) is 1. The molecule has 2 heterocycles. The van der Waals surface area contributed by atoms with Gasteiger partial charge in [0.2, 0.25) is 11.8 Å². The molecule has 1 fully saturated rings. The zero-order valence-corrected chi connectivity index (χ0v) is 23.5. The van der Waals surface area contributed by atoms with Crippen molar-refractivity contribution in [1.82, 2.24) is 15.5 Å². The summed E-state index contributed by atoms with van der Waals surface area (Å²) < 4.78 is 11.2. The summed E-state index contributed by atoms with van der Waals surface area (Å²) in [6.45, 7) is 0.612. The normalized spacial score (nSPS) is 23.0. The van der Waals surface area contributed by atoms with Crippen LogP contribution in [-0.4, -0.2) is 78.9 Å². The van der Waals surface area contributed by atoms with Crippen molar-refractivity contribution < 1.29 is 33.8 Å². The highest BCUT2D eigenvalue weighted by molar-refractivity contribution is 5.86. The molecule has 0 saturated carbocycles. The highest BCUT2D eigenvalue weighted by Gasteiger charge is 2.36. The third-order valence-corrected chi connectivity index (χ3v) is 8.17. The van der Waals surface area contributed by atoms with E-state index in [1.54, 1.807) is 17.1 Å². The van der Waals surface area contributed by atoms with Crippen LogP contribution in [0, 0.1) is 5.92 Å². The summed E-state index contributed by atoms with van der Waals surface area (Å²) in [6, 6.07) is 14.9. The number of esters is 1. The second-order valence-electron chi connectivity index (χ2n) is 10.9. The smallest absolute Gasteiger partial charge is 0.407 e. The monoisotopic (exact) mass is 575 g/mol. The highest BCUT2D eigenvalue weighted by Crippen LogP contribution is 2.44. The molecule has 0 aromatic heterocycles. The lowest BCUT2D eigenvalue weighted by molar-refractivity contribution is -0.150. The Bertz CT molecular complexity index is 1300. The van der Waals surface area contributed by atoms with Crippen LogP contribution in [0.15, 0.2) is 60.7 Å². The number of ether oxygens (including phenoxy) is 2. The minimum atomic E-state index is -0.965. The van der Waals surface area contributed by atoms with Crippen LogP contribution in [0.1, 0.15) is 49.1 Å². The molecule has 10 heteroatoms. The molecule has 2 aliphatic heterocycles. The number of benzene rings is 2. The summed E-state index contributed by atoms with van der Waals surface area (Å²) in [7, 11) is 0. The Morgan fingerprint density at radius 1 is 1.00 bits per heavy atom. The third-order valence-electron chi connectivity index (χ3n) is 8.17. The zero-order chi connectivity index (χ0) is 29.5. The fraction of sp³-hybridized carbons (Fsp3) is 0.438. The second-order valence-corrected chi connectivity index (χ2v) is 10.9. The van der Waals surface area contributed by atoms with Gasteiger partial charge in [-0.2, -0.15) is 0 Å². The number of hydrogen-bond acceptors (Lipinski definition) is 7. The molecule has 5 rings (SSSR count). The van der Waals surface area contributed by atoms with Crippen molar-refractivity contribution in [1.29, 1.82) is 0 Å². The maximum Gasteiger partial charge on any atom is 0.407 e. The lowest BCUT2D eigenvalue weighted by Crippen LogP contribution is -2.46. The molecule has 0 radical (unpaired) electrons. The molecule has 2 aromatic carbocycles. The first-order valence-electron chi connectivity index (χ1n) is 14.6. The van der Waals surface area contributed by atoms with E-state index in [1.807, 2.05) is 36.4 Å². The Hall–Kier alpha value is -4.18. The molecule has 10 nitrogen and oxygen atoms in total. The summed E-state index contributed by atoms with van der Waals surface area (Å²) >= 11 is 0. The molecule has 0 bridgehead atoms. The predicted molar refractivity (Wildman–Crippen MR) is 154 cm³/mol. The van der Waals surface area contributed by atoms with E-state index in [0.29, 0.717) is 19.4 Å². The molecular weight excluding hydrogens is 538 g/mol. The van der Waals surface area contributed by atoms with E-state index in [1.165, 1.54) is 0 Å². The third kappa shape index (κ3) is 6.65. The average molecular weight is 576 g/mol. The van der Waals surface area contributed by atoms with Crippen LogP contribution in [-0.2, 0) is 23.9 Å². The molecule has 0 spiro atoms. The number of fused-ring (bicyclic) bond motifs is 4. The summed E-state index contributed by atoms with van der Waals surface area (Å²) in [6.07, 6.45) is 4.66. The second kappa shape index (κ2) is 13.7. The number of amides is 3. The SMILES string of the molecule is O=C(C[C@@H]1C/C=C\C[C@H](NC(=O)OCC2c3ccccc3-c3ccccc32)C(=O)OC[C@H]2CCCN2C1=O)NCCO. The minimum Gasteiger partial charge on any atom is -0.462 e. The Kier molecular flexibility index (Phi) is 9.53. The molecule has 2 aromatic rings. The largest absolute Gasteiger partial charge is 0.462 e. The van der Waals surface area contributed by atoms with Gasteiger partial charge in [-0.25, -0.2) is 9.59 Å². The zero-order valence-electron chi connectivity index (χ0n) is 23.5. The van der Waals surface area contributed by atoms with Gasteiger partial charge in [0.05, 0.1) is 18.6 Å². The molecule has 0 unspecified atom stereocenters. The number of hydrogen-bond donors (Lipinski definition) is 3. The van der Waals surface area contributed by atoms with E-state index in [0.717, 1.165) is 28.7 Å². The maximum absolute atomic E-state index is 13.3. The van der Waals surface area contributed by atoms with E-state index < -0.39 is 24.0 Å². The Morgan fingerprint density at radius 3 is 2.40 bits per heavy atom. The lowest BCUT2D eigenvalue weighted by atomic mass is 9.97. The Morgan fingerprint density at radius 2 is 1.69 bits per heavy atom. The van der Waals surface area contributed by atoms with Crippen molar-refractivity contribution in [2.45, 2.75) is 50.1 Å². The molecule has 3 amide bonds. The van der Waals surface area contributed by atoms with Gasteiger partial charge in [-0.15, -0.1) is 0 Å². The highest BCUT2D eigenvalue weighted by atomic mass is 16.6. The quantitative estimate of drug-likeness (QED) is 0.341. The summed E-state index contributed by atoms with van der Waals surface area (Å²) in [5.41, 5.74) is 4.43. The number of aliphatic hydroxyl groups is 1. The number of aliphatic hydroxyl groups excluding tert-OH is 1. The van der Waals surface area contributed by atoms with Crippen LogP contribution < -0.4 is 10.6 Å². The molecule has 1 aliphatic carbocycles. The van der Waals surface area contributed by atoms with Crippen molar-refractivity contribution in [3.63, 3.8) is 0 Å². The van der Waals surface area contributed by atoms with Gasteiger partial charge in [-0.3, -0.25) is 9.59 Å². The van der Waals surface area contributed by atoms with Crippen molar-refractivity contribution in [3.05, 3.63) is 71.8 Å². The summed E-state index contributed by atoms with van der Waals surface area (Å²) in [4.78, 5) is 53.3. The van der Waals surface area contributed by atoms with Crippen LogP contribution in [0.2, 0.25) is 0 Å². The predicted octanol–water partition coefficient (Wildman–Crippen LogP) is 2.89. The van der Waals surface area contributed by atoms with Crippen LogP contribution in [0.5, 0.6) is 0 Å². The first-order valence-corrected chi connectivity index (χ1v) is 14.6. The summed E-state index contributed by atoms with van der Waals surface area (Å²) in [5, 5.41) is 14.3. The van der Waals surface area contributed by atoms with Crippen molar-refractivity contribution in [2.24, 2.45) is 5.92 Å². The number of nitrogens with one attached hydrogen (secondary N) is 2. The average Bonchev–Trinajstić information content (AvgIpc) is 3.60. The summed E-state index contributed by atoms with van der Waals surface area (Å²) in [5.74, 6) is -1.73. The van der Waals surface area contributed by atoms with Gasteiger partial charge in [-0.05, 0) is 47.9 Å². The van der Waals surface area contributed by atoms with Gasteiger partial charge in [0, 0.05) is 25.4 Å². The Labute approximate surface area is 245 Å². The van der Waals surface area contributed by atoms with Gasteiger partial charge >= 0.3 is 12.1 Å². The van der Waals surface area contributed by atoms with Gasteiger partial charge < -0.3 is 30.1 Å². The standard InChI is InChI=1S/C32H37N3O7/c36-17-15-33-29(37)18-21-8-1-6-14-28(31(39)41-19-22-9-7-16-35(22)30(21)38)34-32(40)42-20-27-25-12-4-2-10-23(25)24-11-3-5-13-26(24)27/h1-6,10-13,21-22,27-28,36H,7-9,14-20H2,(H,33,37)(H,34,40)/b6-1-/t21-,22+,28-/m0/s1. The van der Waals surface area contributed by atoms with E-state index >= 15 is 0 Å². The number of nitrogens with zero attached hydrogens (tertiary/aromatic N) is 1. The molecule has 3 aliphatic rings. The van der Waals surface area contributed by atoms with E-state index in [9.17, 15) is 19.2 Å². The van der Waals surface area contributed by atoms with E-state index in [4.69, 9.17) is 14.6 Å². The first kappa shape index (κ1) is 29.3. The van der Waals surface area contributed by atoms with Crippen molar-refractivity contribution in [2.75, 3.05) is 32.9 Å². The molecule has 222 valence electrons. The van der Waals surface area contributed by atoms with Gasteiger partial charge in [0.25, 0.3) is 0 Å². The van der Waals surface area contributed by atoms with Crippen LogP contribution in [0.3, 0.4) is 0 Å². The van der Waals surface area contributed by atoms with Crippen LogP contribution in [0.25, 0.3) is 11.1 Å². The number of rotatable bonds is 7. The fourth-order valence-electron chi connectivity index (χ4n) is 6.06. The number of carbonyl (C=O) groups is 4. The number of carbonyl (C=O) groups excluding carboxylic acids is 4. The molecule has 1 saturated heterocycles. The number of allylic oxidation sites excluding steroid dienone is 1. The fourth-order valence-corrected chi connectivity index (χ4v) is 6.06. The molecule has 3 atom stereocenters. The maximum atomic E-state index is 13.3. The Balaban J connectivity index is 1.24. The van der Waals surface area contributed by atoms with Crippen molar-refractivity contribution in [3.8, 4) is 11.1 Å². The van der Waals surface area contributed by atoms with E-state index in [2.05, 4.69) is 22.8 Å². The minimum absolute atomic E-state index is 0.00634. The van der Waals surface area contributed by atoms with Crippen LogP contribution in [0.4, 0.5) is 4.79 Å².